The topological polar surface area (TPSA) is 110 Å². The van der Waals surface area contributed by atoms with Crippen molar-refractivity contribution in [1.82, 2.24) is 10.3 Å². The zero-order chi connectivity index (χ0) is 24.8. The van der Waals surface area contributed by atoms with Crippen molar-refractivity contribution in [1.29, 1.82) is 0 Å². The van der Waals surface area contributed by atoms with Gasteiger partial charge in [0.2, 0.25) is 0 Å². The SMILES string of the molecule is Cc1cc(Oc2ccccc2)ccc1N1C(=O)Nc2c(C(=O)NC3CCC[C@H]3N)sc3nccc1c23. The molecule has 2 aromatic heterocycles. The van der Waals surface area contributed by atoms with Gasteiger partial charge in [-0.1, -0.05) is 18.2 Å². The van der Waals surface area contributed by atoms with Crippen LogP contribution in [-0.4, -0.2) is 29.0 Å². The molecule has 2 aliphatic rings. The van der Waals surface area contributed by atoms with E-state index in [9.17, 15) is 9.59 Å². The smallest absolute Gasteiger partial charge is 0.331 e. The summed E-state index contributed by atoms with van der Waals surface area (Å²) in [5.74, 6) is 1.19. The molecule has 0 spiro atoms. The van der Waals surface area contributed by atoms with E-state index in [1.165, 1.54) is 11.3 Å². The minimum atomic E-state index is -0.333. The highest BCUT2D eigenvalue weighted by atomic mass is 32.1. The Kier molecular flexibility index (Phi) is 5.58. The summed E-state index contributed by atoms with van der Waals surface area (Å²) in [6.45, 7) is 1.94. The van der Waals surface area contributed by atoms with Gasteiger partial charge in [0.1, 0.15) is 21.2 Å². The van der Waals surface area contributed by atoms with Gasteiger partial charge in [0, 0.05) is 18.3 Å². The van der Waals surface area contributed by atoms with Crippen molar-refractivity contribution in [3.63, 3.8) is 0 Å². The predicted octanol–water partition coefficient (Wildman–Crippen LogP) is 5.69. The Balaban J connectivity index is 1.35. The monoisotopic (exact) mass is 499 g/mol. The third-order valence-corrected chi connectivity index (χ3v) is 7.82. The first-order chi connectivity index (χ1) is 17.5. The van der Waals surface area contributed by atoms with Crippen molar-refractivity contribution in [2.45, 2.75) is 38.3 Å². The lowest BCUT2D eigenvalue weighted by molar-refractivity contribution is 0.0939. The fourth-order valence-electron chi connectivity index (χ4n) is 4.95. The molecule has 1 aliphatic heterocycles. The third kappa shape index (κ3) is 3.86. The maximum absolute atomic E-state index is 13.4. The summed E-state index contributed by atoms with van der Waals surface area (Å²) in [4.78, 5) is 33.8. The van der Waals surface area contributed by atoms with Crippen LogP contribution in [-0.2, 0) is 0 Å². The van der Waals surface area contributed by atoms with Crippen LogP contribution in [0, 0.1) is 6.92 Å². The standard InChI is InChI=1S/C27H25N5O3S/c1-15-14-17(35-16-6-3-2-4-7-16)10-11-20(15)32-21-12-13-29-26-22(21)23(31-27(32)34)24(36-26)25(33)30-19-9-5-8-18(19)28/h2-4,6-7,10-14,18-19H,5,8-9,28H2,1H3,(H,30,33)(H,31,34)/t18-,19?/m1/s1. The van der Waals surface area contributed by atoms with E-state index in [2.05, 4.69) is 15.6 Å². The van der Waals surface area contributed by atoms with Gasteiger partial charge >= 0.3 is 6.03 Å². The number of hydrogen-bond donors (Lipinski definition) is 3. The number of carbonyl (C=O) groups is 2. The summed E-state index contributed by atoms with van der Waals surface area (Å²) in [7, 11) is 0. The zero-order valence-corrected chi connectivity index (χ0v) is 20.5. The van der Waals surface area contributed by atoms with E-state index in [4.69, 9.17) is 10.5 Å². The average Bonchev–Trinajstić information content (AvgIpc) is 3.45. The van der Waals surface area contributed by atoms with Gasteiger partial charge in [-0.2, -0.15) is 0 Å². The van der Waals surface area contributed by atoms with Crippen molar-refractivity contribution in [3.05, 3.63) is 71.2 Å². The summed E-state index contributed by atoms with van der Waals surface area (Å²) in [6.07, 6.45) is 4.42. The first-order valence-corrected chi connectivity index (χ1v) is 12.7. The average molecular weight is 500 g/mol. The zero-order valence-electron chi connectivity index (χ0n) is 19.7. The van der Waals surface area contributed by atoms with E-state index in [-0.39, 0.29) is 24.0 Å². The summed E-state index contributed by atoms with van der Waals surface area (Å²) in [5.41, 5.74) is 8.93. The van der Waals surface area contributed by atoms with E-state index in [1.54, 1.807) is 17.2 Å². The van der Waals surface area contributed by atoms with Crippen molar-refractivity contribution >= 4 is 50.6 Å². The number of rotatable bonds is 5. The Morgan fingerprint density at radius 1 is 1.14 bits per heavy atom. The second-order valence-corrected chi connectivity index (χ2v) is 10.1. The lowest BCUT2D eigenvalue weighted by atomic mass is 10.1. The molecule has 36 heavy (non-hydrogen) atoms. The Morgan fingerprint density at radius 3 is 2.72 bits per heavy atom. The van der Waals surface area contributed by atoms with Crippen molar-refractivity contribution in [3.8, 4) is 11.5 Å². The minimum Gasteiger partial charge on any atom is -0.457 e. The van der Waals surface area contributed by atoms with Crippen LogP contribution in [0.1, 0.15) is 34.5 Å². The number of para-hydroxylation sites is 1. The van der Waals surface area contributed by atoms with Crippen LogP contribution in [0.4, 0.5) is 21.9 Å². The molecule has 8 nitrogen and oxygen atoms in total. The fourth-order valence-corrected chi connectivity index (χ4v) is 5.97. The molecule has 2 aromatic carbocycles. The molecule has 1 aliphatic carbocycles. The van der Waals surface area contributed by atoms with Gasteiger partial charge in [0.05, 0.1) is 22.4 Å². The van der Waals surface area contributed by atoms with Gasteiger partial charge in [-0.05, 0) is 68.1 Å². The molecule has 0 saturated heterocycles. The van der Waals surface area contributed by atoms with E-state index in [0.717, 1.165) is 41.6 Å². The number of amides is 3. The van der Waals surface area contributed by atoms with Crippen LogP contribution in [0.2, 0.25) is 0 Å². The maximum atomic E-state index is 13.4. The predicted molar refractivity (Wildman–Crippen MR) is 142 cm³/mol. The molecule has 2 atom stereocenters. The summed E-state index contributed by atoms with van der Waals surface area (Å²) < 4.78 is 5.95. The number of benzene rings is 2. The highest BCUT2D eigenvalue weighted by molar-refractivity contribution is 7.21. The molecule has 3 amide bonds. The number of carbonyl (C=O) groups excluding carboxylic acids is 2. The number of nitrogens with one attached hydrogen (secondary N) is 2. The second-order valence-electron chi connectivity index (χ2n) is 9.12. The highest BCUT2D eigenvalue weighted by Gasteiger charge is 2.34. The summed E-state index contributed by atoms with van der Waals surface area (Å²) >= 11 is 1.28. The molecule has 1 unspecified atom stereocenters. The largest absolute Gasteiger partial charge is 0.457 e. The Hall–Kier alpha value is -3.95. The number of hydrogen-bond acceptors (Lipinski definition) is 6. The van der Waals surface area contributed by atoms with E-state index in [0.29, 0.717) is 26.8 Å². The molecular weight excluding hydrogens is 474 g/mol. The number of nitrogens with zero attached hydrogens (tertiary/aromatic N) is 2. The molecule has 4 N–H and O–H groups in total. The van der Waals surface area contributed by atoms with Gasteiger partial charge in [-0.15, -0.1) is 11.3 Å². The number of aromatic nitrogens is 1. The first kappa shape index (κ1) is 22.5. The molecule has 0 bridgehead atoms. The molecule has 9 heteroatoms. The van der Waals surface area contributed by atoms with Crippen molar-refractivity contribution in [2.24, 2.45) is 5.73 Å². The first-order valence-electron chi connectivity index (χ1n) is 11.9. The van der Waals surface area contributed by atoms with Crippen molar-refractivity contribution in [2.75, 3.05) is 10.2 Å². The molecule has 4 aromatic rings. The number of thiophene rings is 1. The van der Waals surface area contributed by atoms with Crippen LogP contribution in [0.5, 0.6) is 11.5 Å². The van der Waals surface area contributed by atoms with Crippen LogP contribution in [0.25, 0.3) is 10.2 Å². The van der Waals surface area contributed by atoms with Gasteiger partial charge in [0.25, 0.3) is 5.91 Å². The van der Waals surface area contributed by atoms with Gasteiger partial charge in [0.15, 0.2) is 0 Å². The van der Waals surface area contributed by atoms with Crippen LogP contribution >= 0.6 is 11.3 Å². The number of pyridine rings is 1. The number of nitrogens with two attached hydrogens (primary N) is 1. The second kappa shape index (κ2) is 8.92. The van der Waals surface area contributed by atoms with E-state index in [1.807, 2.05) is 55.5 Å². The number of urea groups is 1. The highest BCUT2D eigenvalue weighted by Crippen LogP contribution is 2.46. The number of ether oxygens (including phenoxy) is 1. The fraction of sp³-hybridized carbons (Fsp3) is 0.222. The molecule has 182 valence electrons. The van der Waals surface area contributed by atoms with Gasteiger partial charge in [-0.3, -0.25) is 9.69 Å². The molecular formula is C27H25N5O3S. The summed E-state index contributed by atoms with van der Waals surface area (Å²) in [6, 6.07) is 16.5. The minimum absolute atomic E-state index is 0.0460. The number of aryl methyl sites for hydroxylation is 1. The van der Waals surface area contributed by atoms with E-state index < -0.39 is 0 Å². The lowest BCUT2D eigenvalue weighted by Crippen LogP contribution is -2.44. The molecule has 1 saturated carbocycles. The number of anilines is 3. The van der Waals surface area contributed by atoms with Crippen LogP contribution < -0.4 is 26.0 Å². The van der Waals surface area contributed by atoms with Gasteiger partial charge in [-0.25, -0.2) is 9.78 Å². The quantitative estimate of drug-likeness (QED) is 0.327. The maximum Gasteiger partial charge on any atom is 0.331 e. The molecule has 1 fully saturated rings. The van der Waals surface area contributed by atoms with Crippen molar-refractivity contribution < 1.29 is 14.3 Å². The normalized spacial score (nSPS) is 18.8. The summed E-state index contributed by atoms with van der Waals surface area (Å²) in [5, 5.41) is 6.77. The Morgan fingerprint density at radius 2 is 1.97 bits per heavy atom. The third-order valence-electron chi connectivity index (χ3n) is 6.73. The molecule has 3 heterocycles. The van der Waals surface area contributed by atoms with Crippen LogP contribution in [0.15, 0.2) is 60.8 Å². The Labute approximate surface area is 212 Å². The Bertz CT molecular complexity index is 1490. The molecule has 0 radical (unpaired) electrons. The van der Waals surface area contributed by atoms with Crippen LogP contribution in [0.3, 0.4) is 0 Å². The lowest BCUT2D eigenvalue weighted by Gasteiger charge is -2.29. The van der Waals surface area contributed by atoms with E-state index >= 15 is 0 Å². The van der Waals surface area contributed by atoms with Gasteiger partial charge < -0.3 is 21.1 Å². The molecule has 6 rings (SSSR count).